The molecule has 142 valence electrons. The summed E-state index contributed by atoms with van der Waals surface area (Å²) >= 11 is 0. The van der Waals surface area contributed by atoms with Crippen molar-refractivity contribution >= 4 is 22.3 Å². The third-order valence-corrected chi connectivity index (χ3v) is 5.17. The van der Waals surface area contributed by atoms with Crippen LogP contribution in [0.3, 0.4) is 0 Å². The molecule has 0 unspecified atom stereocenters. The Morgan fingerprint density at radius 1 is 1.04 bits per heavy atom. The number of amidine groups is 1. The largest absolute Gasteiger partial charge is 0.477 e. The number of benzene rings is 1. The van der Waals surface area contributed by atoms with Gasteiger partial charge in [0.15, 0.2) is 5.84 Å². The van der Waals surface area contributed by atoms with Gasteiger partial charge in [-0.2, -0.15) is 0 Å². The number of nitrogens with one attached hydrogen (secondary N) is 1. The summed E-state index contributed by atoms with van der Waals surface area (Å²) in [6.07, 6.45) is 7.27. The SMILES string of the molecule is c1cnc2c(n1)CN=C2Nc1ccc2c(OCC3CCOCC3)nccc2c1. The van der Waals surface area contributed by atoms with Gasteiger partial charge in [-0.3, -0.25) is 9.98 Å². The predicted octanol–water partition coefficient (Wildman–Crippen LogP) is 3.20. The lowest BCUT2D eigenvalue weighted by atomic mass is 10.0. The summed E-state index contributed by atoms with van der Waals surface area (Å²) in [6, 6.07) is 8.13. The van der Waals surface area contributed by atoms with Crippen LogP contribution in [0.1, 0.15) is 24.2 Å². The zero-order valence-electron chi connectivity index (χ0n) is 15.5. The second-order valence-corrected chi connectivity index (χ2v) is 7.06. The fourth-order valence-electron chi connectivity index (χ4n) is 3.60. The zero-order valence-corrected chi connectivity index (χ0v) is 15.5. The third-order valence-electron chi connectivity index (χ3n) is 5.17. The van der Waals surface area contributed by atoms with Gasteiger partial charge in [-0.25, -0.2) is 9.97 Å². The first kappa shape index (κ1) is 17.1. The van der Waals surface area contributed by atoms with Crippen LogP contribution >= 0.6 is 0 Å². The average molecular weight is 375 g/mol. The van der Waals surface area contributed by atoms with E-state index < -0.39 is 0 Å². The number of nitrogens with zero attached hydrogens (tertiary/aromatic N) is 4. The molecule has 0 amide bonds. The van der Waals surface area contributed by atoms with Gasteiger partial charge in [0.2, 0.25) is 5.88 Å². The van der Waals surface area contributed by atoms with Crippen molar-refractivity contribution in [3.8, 4) is 5.88 Å². The minimum Gasteiger partial charge on any atom is -0.477 e. The molecule has 3 aromatic rings. The first-order chi connectivity index (χ1) is 13.9. The van der Waals surface area contributed by atoms with Crippen molar-refractivity contribution in [1.29, 1.82) is 0 Å². The van der Waals surface area contributed by atoms with E-state index in [4.69, 9.17) is 9.47 Å². The molecule has 1 aromatic carbocycles. The van der Waals surface area contributed by atoms with E-state index >= 15 is 0 Å². The quantitative estimate of drug-likeness (QED) is 0.754. The second kappa shape index (κ2) is 7.52. The number of aromatic nitrogens is 3. The third kappa shape index (κ3) is 3.41. The number of rotatable bonds is 4. The van der Waals surface area contributed by atoms with Crippen molar-refractivity contribution in [2.45, 2.75) is 19.4 Å². The van der Waals surface area contributed by atoms with Crippen molar-refractivity contribution in [1.82, 2.24) is 15.0 Å². The van der Waals surface area contributed by atoms with E-state index in [1.54, 1.807) is 18.6 Å². The topological polar surface area (TPSA) is 81.5 Å². The monoisotopic (exact) mass is 375 g/mol. The Morgan fingerprint density at radius 3 is 2.86 bits per heavy atom. The lowest BCUT2D eigenvalue weighted by molar-refractivity contribution is 0.0493. The first-order valence-electron chi connectivity index (χ1n) is 9.58. The molecule has 0 spiro atoms. The molecule has 1 N–H and O–H groups in total. The van der Waals surface area contributed by atoms with Crippen LogP contribution in [-0.4, -0.2) is 40.6 Å². The van der Waals surface area contributed by atoms with Gasteiger partial charge in [0.05, 0.1) is 18.8 Å². The lowest BCUT2D eigenvalue weighted by Gasteiger charge is -2.22. The lowest BCUT2D eigenvalue weighted by Crippen LogP contribution is -2.21. The Hall–Kier alpha value is -3.06. The summed E-state index contributed by atoms with van der Waals surface area (Å²) in [6.45, 7) is 2.89. The highest BCUT2D eigenvalue weighted by Crippen LogP contribution is 2.28. The summed E-state index contributed by atoms with van der Waals surface area (Å²) in [4.78, 5) is 17.7. The number of ether oxygens (including phenoxy) is 2. The fraction of sp³-hybridized carbons (Fsp3) is 0.333. The average Bonchev–Trinajstić information content (AvgIpc) is 3.16. The second-order valence-electron chi connectivity index (χ2n) is 7.06. The van der Waals surface area contributed by atoms with Crippen molar-refractivity contribution in [2.24, 2.45) is 10.9 Å². The maximum absolute atomic E-state index is 6.05. The highest BCUT2D eigenvalue weighted by atomic mass is 16.5. The highest BCUT2D eigenvalue weighted by Gasteiger charge is 2.19. The van der Waals surface area contributed by atoms with Crippen molar-refractivity contribution < 1.29 is 9.47 Å². The summed E-state index contributed by atoms with van der Waals surface area (Å²) in [7, 11) is 0. The molecule has 0 saturated carbocycles. The molecule has 7 nitrogen and oxygen atoms in total. The Kier molecular flexibility index (Phi) is 4.58. The Morgan fingerprint density at radius 2 is 1.93 bits per heavy atom. The van der Waals surface area contributed by atoms with E-state index in [1.807, 2.05) is 18.2 Å². The minimum atomic E-state index is 0.535. The Bertz CT molecular complexity index is 1030. The van der Waals surface area contributed by atoms with Gasteiger partial charge in [0, 0.05) is 42.9 Å². The molecule has 1 fully saturated rings. The standard InChI is InChI=1S/C21H21N5O2/c1-2-17-15(3-6-24-21(17)28-13-14-4-9-27-10-5-14)11-16(1)26-20-19-18(12-25-20)22-7-8-23-19/h1-3,6-8,11,14H,4-5,9-10,12-13H2,(H,25,26). The molecule has 28 heavy (non-hydrogen) atoms. The Labute approximate surface area is 162 Å². The van der Waals surface area contributed by atoms with Crippen LogP contribution in [0.5, 0.6) is 5.88 Å². The number of aliphatic imine (C=N–C) groups is 1. The van der Waals surface area contributed by atoms with Crippen LogP contribution in [0.4, 0.5) is 5.69 Å². The molecule has 5 rings (SSSR count). The van der Waals surface area contributed by atoms with Crippen molar-refractivity contribution in [3.05, 3.63) is 54.2 Å². The molecule has 7 heteroatoms. The predicted molar refractivity (Wildman–Crippen MR) is 107 cm³/mol. The van der Waals surface area contributed by atoms with Crippen LogP contribution < -0.4 is 10.1 Å². The molecule has 0 atom stereocenters. The van der Waals surface area contributed by atoms with Crippen LogP contribution in [0.15, 0.2) is 47.8 Å². The maximum atomic E-state index is 6.05. The van der Waals surface area contributed by atoms with Crippen molar-refractivity contribution in [3.63, 3.8) is 0 Å². The number of anilines is 1. The fourth-order valence-corrected chi connectivity index (χ4v) is 3.60. The van der Waals surface area contributed by atoms with Gasteiger partial charge in [-0.05, 0) is 48.4 Å². The summed E-state index contributed by atoms with van der Waals surface area (Å²) < 4.78 is 11.5. The van der Waals surface area contributed by atoms with Crippen LogP contribution in [0, 0.1) is 5.92 Å². The zero-order chi connectivity index (χ0) is 18.8. The van der Waals surface area contributed by atoms with E-state index in [0.29, 0.717) is 24.9 Å². The van der Waals surface area contributed by atoms with Gasteiger partial charge >= 0.3 is 0 Å². The van der Waals surface area contributed by atoms with Crippen LogP contribution in [0.25, 0.3) is 10.8 Å². The highest BCUT2D eigenvalue weighted by molar-refractivity contribution is 6.09. The summed E-state index contributed by atoms with van der Waals surface area (Å²) in [5, 5.41) is 5.44. The van der Waals surface area contributed by atoms with Crippen LogP contribution in [-0.2, 0) is 11.3 Å². The van der Waals surface area contributed by atoms with E-state index in [0.717, 1.165) is 59.7 Å². The maximum Gasteiger partial charge on any atom is 0.221 e. The van der Waals surface area contributed by atoms with E-state index in [2.05, 4.69) is 31.3 Å². The van der Waals surface area contributed by atoms with Crippen LogP contribution in [0.2, 0.25) is 0 Å². The molecule has 2 aliphatic rings. The number of fused-ring (bicyclic) bond motifs is 2. The molecular formula is C21H21N5O2. The summed E-state index contributed by atoms with van der Waals surface area (Å²) in [5.74, 6) is 1.98. The van der Waals surface area contributed by atoms with E-state index in [1.165, 1.54) is 0 Å². The number of hydrogen-bond acceptors (Lipinski definition) is 7. The normalized spacial score (nSPS) is 16.6. The van der Waals surface area contributed by atoms with E-state index in [9.17, 15) is 0 Å². The molecule has 0 aliphatic carbocycles. The molecule has 2 aromatic heterocycles. The molecule has 4 heterocycles. The Balaban J connectivity index is 1.34. The van der Waals surface area contributed by atoms with E-state index in [-0.39, 0.29) is 0 Å². The molecule has 1 saturated heterocycles. The molecular weight excluding hydrogens is 354 g/mol. The number of hydrogen-bond donors (Lipinski definition) is 1. The minimum absolute atomic E-state index is 0.535. The summed E-state index contributed by atoms with van der Waals surface area (Å²) in [5.41, 5.74) is 2.67. The van der Waals surface area contributed by atoms with Gasteiger partial charge in [0.1, 0.15) is 5.69 Å². The molecule has 0 bridgehead atoms. The molecule has 2 aliphatic heterocycles. The van der Waals surface area contributed by atoms with Gasteiger partial charge in [-0.15, -0.1) is 0 Å². The van der Waals surface area contributed by atoms with Gasteiger partial charge in [-0.1, -0.05) is 0 Å². The van der Waals surface area contributed by atoms with Gasteiger partial charge < -0.3 is 14.8 Å². The smallest absolute Gasteiger partial charge is 0.221 e. The van der Waals surface area contributed by atoms with Crippen molar-refractivity contribution in [2.75, 3.05) is 25.1 Å². The number of pyridine rings is 1. The van der Waals surface area contributed by atoms with Gasteiger partial charge in [0.25, 0.3) is 0 Å². The molecule has 0 radical (unpaired) electrons. The first-order valence-corrected chi connectivity index (χ1v) is 9.58.